The van der Waals surface area contributed by atoms with Crippen LogP contribution in [-0.4, -0.2) is 33.9 Å². The summed E-state index contributed by atoms with van der Waals surface area (Å²) in [6.07, 6.45) is 6.25. The average molecular weight is 486 g/mol. The molecule has 0 radical (unpaired) electrons. The molecule has 1 aliphatic heterocycles. The standard InChI is InChI=1S/C28H35N7O/c1-5-29-25(36)20-17-30-26(35-24(20)34-23-9-6-8-22(33-23)27(2,3)4)32-19-10-11-21-18(16-19)12-15-31-28(21)13-7-14-28/h6,8-11,16-17,31H,5,7,12-15H2,1-4H3,(H,29,36)(H2,30,32,33,34,35). The monoisotopic (exact) mass is 485 g/mol. The summed E-state index contributed by atoms with van der Waals surface area (Å²) in [5.74, 6) is 1.23. The normalized spacial score (nSPS) is 16.1. The number of aromatic nitrogens is 3. The Morgan fingerprint density at radius 1 is 1.11 bits per heavy atom. The molecule has 0 saturated heterocycles. The molecule has 0 atom stereocenters. The van der Waals surface area contributed by atoms with E-state index in [4.69, 9.17) is 4.98 Å². The maximum absolute atomic E-state index is 12.7. The lowest BCUT2D eigenvalue weighted by atomic mass is 9.68. The molecule has 1 amide bonds. The first-order chi connectivity index (χ1) is 17.3. The minimum absolute atomic E-state index is 0.0987. The Bertz CT molecular complexity index is 1280. The molecule has 8 nitrogen and oxygen atoms in total. The molecule has 1 saturated carbocycles. The molecule has 1 spiro atoms. The number of fused-ring (bicyclic) bond motifs is 2. The van der Waals surface area contributed by atoms with Gasteiger partial charge in [-0.2, -0.15) is 4.98 Å². The van der Waals surface area contributed by atoms with Gasteiger partial charge in [-0.15, -0.1) is 0 Å². The van der Waals surface area contributed by atoms with Crippen molar-refractivity contribution in [1.29, 1.82) is 0 Å². The number of pyridine rings is 1. The van der Waals surface area contributed by atoms with Crippen molar-refractivity contribution in [2.45, 2.75) is 64.3 Å². The van der Waals surface area contributed by atoms with Crippen LogP contribution < -0.4 is 21.3 Å². The van der Waals surface area contributed by atoms with E-state index < -0.39 is 0 Å². The zero-order valence-electron chi connectivity index (χ0n) is 21.5. The fourth-order valence-corrected chi connectivity index (χ4v) is 4.99. The summed E-state index contributed by atoms with van der Waals surface area (Å²) < 4.78 is 0. The number of nitrogens with one attached hydrogen (secondary N) is 4. The SMILES string of the molecule is CCNC(=O)c1cnc(Nc2ccc3c(c2)CCNC32CCC2)nc1Nc1cccc(C(C)(C)C)n1. The van der Waals surface area contributed by atoms with E-state index in [2.05, 4.69) is 70.2 Å². The molecule has 2 aliphatic rings. The Morgan fingerprint density at radius 2 is 1.94 bits per heavy atom. The van der Waals surface area contributed by atoms with Crippen LogP contribution in [0.4, 0.5) is 23.3 Å². The van der Waals surface area contributed by atoms with Crippen molar-refractivity contribution in [2.24, 2.45) is 0 Å². The molecule has 3 aromatic rings. The average Bonchev–Trinajstić information content (AvgIpc) is 2.82. The molecule has 36 heavy (non-hydrogen) atoms. The second-order valence-electron chi connectivity index (χ2n) is 10.7. The molecule has 4 N–H and O–H groups in total. The predicted octanol–water partition coefficient (Wildman–Crippen LogP) is 4.93. The third kappa shape index (κ3) is 4.78. The number of carbonyl (C=O) groups excluding carboxylic acids is 1. The Hall–Kier alpha value is -3.52. The highest BCUT2D eigenvalue weighted by atomic mass is 16.1. The van der Waals surface area contributed by atoms with Crippen LogP contribution in [-0.2, 0) is 17.4 Å². The Labute approximate surface area is 212 Å². The smallest absolute Gasteiger partial charge is 0.256 e. The zero-order valence-corrected chi connectivity index (χ0v) is 21.5. The van der Waals surface area contributed by atoms with Gasteiger partial charge in [0.1, 0.15) is 17.2 Å². The van der Waals surface area contributed by atoms with Gasteiger partial charge in [-0.1, -0.05) is 32.9 Å². The molecule has 8 heteroatoms. The number of amides is 1. The van der Waals surface area contributed by atoms with Gasteiger partial charge in [-0.05, 0) is 68.0 Å². The van der Waals surface area contributed by atoms with Crippen molar-refractivity contribution in [3.05, 3.63) is 65.0 Å². The molecule has 1 aromatic carbocycles. The minimum atomic E-state index is -0.231. The van der Waals surface area contributed by atoms with Gasteiger partial charge in [-0.25, -0.2) is 9.97 Å². The van der Waals surface area contributed by atoms with E-state index in [-0.39, 0.29) is 16.9 Å². The van der Waals surface area contributed by atoms with Crippen molar-refractivity contribution >= 4 is 29.2 Å². The lowest BCUT2D eigenvalue weighted by molar-refractivity contribution is 0.0956. The lowest BCUT2D eigenvalue weighted by Gasteiger charge is -2.47. The van der Waals surface area contributed by atoms with Gasteiger partial charge in [-0.3, -0.25) is 4.79 Å². The Kier molecular flexibility index (Phi) is 6.38. The maximum Gasteiger partial charge on any atom is 0.256 e. The summed E-state index contributed by atoms with van der Waals surface area (Å²) >= 11 is 0. The third-order valence-corrected chi connectivity index (χ3v) is 7.08. The molecule has 1 fully saturated rings. The van der Waals surface area contributed by atoms with E-state index in [0.717, 1.165) is 24.3 Å². The van der Waals surface area contributed by atoms with Crippen LogP contribution in [0.2, 0.25) is 0 Å². The van der Waals surface area contributed by atoms with Gasteiger partial charge in [0, 0.05) is 41.6 Å². The van der Waals surface area contributed by atoms with Crippen molar-refractivity contribution in [3.63, 3.8) is 0 Å². The Morgan fingerprint density at radius 3 is 2.67 bits per heavy atom. The first kappa shape index (κ1) is 24.2. The van der Waals surface area contributed by atoms with Crippen LogP contribution in [0.1, 0.15) is 74.1 Å². The molecular weight excluding hydrogens is 450 g/mol. The summed E-state index contributed by atoms with van der Waals surface area (Å²) in [4.78, 5) is 26.6. The number of hydrogen-bond donors (Lipinski definition) is 4. The first-order valence-electron chi connectivity index (χ1n) is 12.8. The van der Waals surface area contributed by atoms with Gasteiger partial charge in [0.2, 0.25) is 5.95 Å². The van der Waals surface area contributed by atoms with Crippen LogP contribution in [0.25, 0.3) is 0 Å². The lowest BCUT2D eigenvalue weighted by Crippen LogP contribution is -2.51. The summed E-state index contributed by atoms with van der Waals surface area (Å²) in [6, 6.07) is 12.4. The molecule has 188 valence electrons. The molecule has 0 unspecified atom stereocenters. The fourth-order valence-electron chi connectivity index (χ4n) is 4.99. The number of carbonyl (C=O) groups is 1. The van der Waals surface area contributed by atoms with E-state index in [0.29, 0.717) is 29.7 Å². The largest absolute Gasteiger partial charge is 0.352 e. The van der Waals surface area contributed by atoms with Crippen LogP contribution in [0.15, 0.2) is 42.6 Å². The summed E-state index contributed by atoms with van der Waals surface area (Å²) in [6.45, 7) is 9.76. The molecule has 2 aromatic heterocycles. The highest BCUT2D eigenvalue weighted by molar-refractivity contribution is 5.99. The van der Waals surface area contributed by atoms with Gasteiger partial charge in [0.25, 0.3) is 5.91 Å². The second-order valence-corrected chi connectivity index (χ2v) is 10.7. The molecule has 0 bridgehead atoms. The fraction of sp³-hybridized carbons (Fsp3) is 0.429. The van der Waals surface area contributed by atoms with Gasteiger partial charge >= 0.3 is 0 Å². The van der Waals surface area contributed by atoms with Crippen LogP contribution in [0.3, 0.4) is 0 Å². The minimum Gasteiger partial charge on any atom is -0.352 e. The van der Waals surface area contributed by atoms with Crippen molar-refractivity contribution in [3.8, 4) is 0 Å². The van der Waals surface area contributed by atoms with Crippen molar-refractivity contribution in [1.82, 2.24) is 25.6 Å². The quantitative estimate of drug-likeness (QED) is 0.392. The van der Waals surface area contributed by atoms with Crippen LogP contribution in [0.5, 0.6) is 0 Å². The van der Waals surface area contributed by atoms with Gasteiger partial charge in [0.05, 0.1) is 0 Å². The predicted molar refractivity (Wildman–Crippen MR) is 143 cm³/mol. The topological polar surface area (TPSA) is 104 Å². The number of rotatable bonds is 6. The number of hydrogen-bond acceptors (Lipinski definition) is 7. The van der Waals surface area contributed by atoms with E-state index in [1.807, 2.05) is 25.1 Å². The number of anilines is 4. The van der Waals surface area contributed by atoms with Gasteiger partial charge in [0.15, 0.2) is 0 Å². The summed E-state index contributed by atoms with van der Waals surface area (Å²) in [5.41, 5.74) is 5.13. The first-order valence-corrected chi connectivity index (χ1v) is 12.8. The second kappa shape index (κ2) is 9.50. The highest BCUT2D eigenvalue weighted by Gasteiger charge is 2.41. The van der Waals surface area contributed by atoms with Crippen LogP contribution >= 0.6 is 0 Å². The van der Waals surface area contributed by atoms with Crippen molar-refractivity contribution < 1.29 is 4.79 Å². The number of nitrogens with zero attached hydrogens (tertiary/aromatic N) is 3. The van der Waals surface area contributed by atoms with Crippen LogP contribution in [0, 0.1) is 0 Å². The van der Waals surface area contributed by atoms with E-state index in [1.165, 1.54) is 30.4 Å². The molecule has 3 heterocycles. The summed E-state index contributed by atoms with van der Waals surface area (Å²) in [7, 11) is 0. The molecular formula is C28H35N7O. The van der Waals surface area contributed by atoms with Gasteiger partial charge < -0.3 is 21.3 Å². The van der Waals surface area contributed by atoms with E-state index in [9.17, 15) is 4.79 Å². The molecule has 5 rings (SSSR count). The third-order valence-electron chi connectivity index (χ3n) is 7.08. The van der Waals surface area contributed by atoms with E-state index >= 15 is 0 Å². The molecule has 1 aliphatic carbocycles. The highest BCUT2D eigenvalue weighted by Crippen LogP contribution is 2.45. The summed E-state index contributed by atoms with van der Waals surface area (Å²) in [5, 5.41) is 13.2. The maximum atomic E-state index is 12.7. The van der Waals surface area contributed by atoms with Crippen molar-refractivity contribution in [2.75, 3.05) is 23.7 Å². The zero-order chi connectivity index (χ0) is 25.3. The van der Waals surface area contributed by atoms with E-state index in [1.54, 1.807) is 6.20 Å². The Balaban J connectivity index is 1.43. The number of benzene rings is 1.